The van der Waals surface area contributed by atoms with Gasteiger partial charge in [-0.2, -0.15) is 13.2 Å². The highest BCUT2D eigenvalue weighted by Gasteiger charge is 2.29. The molecule has 110 valence electrons. The van der Waals surface area contributed by atoms with Crippen LogP contribution in [-0.2, 0) is 15.7 Å². The molecule has 0 amide bonds. The topological polar surface area (TPSA) is 38.3 Å². The smallest absolute Gasteiger partial charge is 0.416 e. The van der Waals surface area contributed by atoms with E-state index >= 15 is 0 Å². The van der Waals surface area contributed by atoms with Gasteiger partial charge in [-0.1, -0.05) is 0 Å². The van der Waals surface area contributed by atoms with E-state index in [1.165, 1.54) is 12.1 Å². The van der Waals surface area contributed by atoms with Crippen LogP contribution in [-0.4, -0.2) is 12.6 Å². The fourth-order valence-electron chi connectivity index (χ4n) is 1.45. The lowest BCUT2D eigenvalue weighted by atomic mass is 10.2. The molecule has 20 heavy (non-hydrogen) atoms. The fraction of sp³-hybridized carbons (Fsp3) is 0.357. The van der Waals surface area contributed by atoms with Gasteiger partial charge in [0.15, 0.2) is 0 Å². The summed E-state index contributed by atoms with van der Waals surface area (Å²) in [5.74, 6) is -0.454. The number of esters is 1. The predicted molar refractivity (Wildman–Crippen MR) is 70.1 cm³/mol. The first kappa shape index (κ1) is 16.1. The van der Waals surface area contributed by atoms with Crippen molar-refractivity contribution >= 4 is 11.7 Å². The third-order valence-corrected chi connectivity index (χ3v) is 2.69. The van der Waals surface area contributed by atoms with Gasteiger partial charge >= 0.3 is 12.1 Å². The minimum atomic E-state index is -4.36. The SMILES string of the molecule is CCOC(=O)/C(C)=C(/C)Nc1ccc(C(F)(F)F)cc1. The van der Waals surface area contributed by atoms with Crippen molar-refractivity contribution in [2.45, 2.75) is 26.9 Å². The molecule has 0 aliphatic carbocycles. The minimum Gasteiger partial charge on any atom is -0.463 e. The summed E-state index contributed by atoms with van der Waals surface area (Å²) in [5, 5.41) is 2.87. The Morgan fingerprint density at radius 1 is 1.20 bits per heavy atom. The van der Waals surface area contributed by atoms with Gasteiger partial charge in [0.1, 0.15) is 0 Å². The third-order valence-electron chi connectivity index (χ3n) is 2.69. The molecule has 0 unspecified atom stereocenters. The molecule has 1 rings (SSSR count). The molecule has 0 spiro atoms. The zero-order valence-corrected chi connectivity index (χ0v) is 11.5. The zero-order chi connectivity index (χ0) is 15.3. The van der Waals surface area contributed by atoms with E-state index in [0.29, 0.717) is 17.0 Å². The Bertz CT molecular complexity index is 504. The monoisotopic (exact) mass is 287 g/mol. The van der Waals surface area contributed by atoms with E-state index in [9.17, 15) is 18.0 Å². The van der Waals surface area contributed by atoms with Crippen molar-refractivity contribution in [2.75, 3.05) is 11.9 Å². The number of anilines is 1. The Morgan fingerprint density at radius 3 is 2.20 bits per heavy atom. The van der Waals surface area contributed by atoms with E-state index in [1.54, 1.807) is 20.8 Å². The van der Waals surface area contributed by atoms with Crippen molar-refractivity contribution in [1.82, 2.24) is 0 Å². The molecule has 1 N–H and O–H groups in total. The summed E-state index contributed by atoms with van der Waals surface area (Å²) in [6, 6.07) is 4.58. The van der Waals surface area contributed by atoms with Crippen molar-refractivity contribution in [3.8, 4) is 0 Å². The van der Waals surface area contributed by atoms with Crippen LogP contribution in [0.25, 0.3) is 0 Å². The van der Waals surface area contributed by atoms with Gasteiger partial charge in [-0.05, 0) is 45.0 Å². The van der Waals surface area contributed by atoms with Crippen LogP contribution in [0.2, 0.25) is 0 Å². The van der Waals surface area contributed by atoms with E-state index < -0.39 is 17.7 Å². The Labute approximate surface area is 115 Å². The van der Waals surface area contributed by atoms with Crippen molar-refractivity contribution in [1.29, 1.82) is 0 Å². The number of carbonyl (C=O) groups excluding carboxylic acids is 1. The largest absolute Gasteiger partial charge is 0.463 e. The maximum atomic E-state index is 12.4. The number of alkyl halides is 3. The number of halogens is 3. The predicted octanol–water partition coefficient (Wildman–Crippen LogP) is 3.97. The van der Waals surface area contributed by atoms with Gasteiger partial charge < -0.3 is 10.1 Å². The first-order chi connectivity index (χ1) is 9.25. The van der Waals surface area contributed by atoms with Crippen LogP contribution >= 0.6 is 0 Å². The molecule has 0 saturated carbocycles. The Morgan fingerprint density at radius 2 is 1.75 bits per heavy atom. The van der Waals surface area contributed by atoms with Crippen LogP contribution in [0.4, 0.5) is 18.9 Å². The second-order valence-corrected chi connectivity index (χ2v) is 4.17. The molecule has 0 bridgehead atoms. The lowest BCUT2D eigenvalue weighted by molar-refractivity contribution is -0.139. The molecular formula is C14H16F3NO2. The van der Waals surface area contributed by atoms with Gasteiger partial charge in [0.25, 0.3) is 0 Å². The van der Waals surface area contributed by atoms with Gasteiger partial charge in [0.2, 0.25) is 0 Å². The van der Waals surface area contributed by atoms with E-state index in [0.717, 1.165) is 12.1 Å². The second-order valence-electron chi connectivity index (χ2n) is 4.17. The van der Waals surface area contributed by atoms with E-state index in [1.807, 2.05) is 0 Å². The quantitative estimate of drug-likeness (QED) is 0.672. The van der Waals surface area contributed by atoms with Gasteiger partial charge in [0, 0.05) is 11.4 Å². The van der Waals surface area contributed by atoms with Crippen LogP contribution in [0.5, 0.6) is 0 Å². The maximum absolute atomic E-state index is 12.4. The Kier molecular flexibility index (Phi) is 5.19. The zero-order valence-electron chi connectivity index (χ0n) is 11.5. The van der Waals surface area contributed by atoms with Crippen molar-refractivity contribution < 1.29 is 22.7 Å². The molecule has 0 aromatic heterocycles. The molecule has 0 atom stereocenters. The van der Waals surface area contributed by atoms with Crippen LogP contribution in [0.1, 0.15) is 26.3 Å². The molecule has 0 saturated heterocycles. The second kappa shape index (κ2) is 6.45. The molecule has 0 aliphatic rings. The number of hydrogen-bond acceptors (Lipinski definition) is 3. The summed E-state index contributed by atoms with van der Waals surface area (Å²) < 4.78 is 42.1. The number of ether oxygens (including phenoxy) is 1. The molecule has 3 nitrogen and oxygen atoms in total. The number of carbonyl (C=O) groups is 1. The summed E-state index contributed by atoms with van der Waals surface area (Å²) in [4.78, 5) is 11.5. The van der Waals surface area contributed by atoms with E-state index in [-0.39, 0.29) is 6.61 Å². The van der Waals surface area contributed by atoms with Gasteiger partial charge in [-0.15, -0.1) is 0 Å². The Balaban J connectivity index is 2.83. The first-order valence-corrected chi connectivity index (χ1v) is 6.04. The van der Waals surface area contributed by atoms with E-state index in [4.69, 9.17) is 4.74 Å². The van der Waals surface area contributed by atoms with Crippen LogP contribution in [0, 0.1) is 0 Å². The molecule has 1 aromatic carbocycles. The standard InChI is InChI=1S/C14H16F3NO2/c1-4-20-13(19)9(2)10(3)18-12-7-5-11(6-8-12)14(15,16)17/h5-8,18H,4H2,1-3H3/b10-9-. The highest BCUT2D eigenvalue weighted by atomic mass is 19.4. The number of rotatable bonds is 4. The lowest BCUT2D eigenvalue weighted by Crippen LogP contribution is -2.10. The highest BCUT2D eigenvalue weighted by Crippen LogP contribution is 2.30. The number of nitrogens with one attached hydrogen (secondary N) is 1. The molecular weight excluding hydrogens is 271 g/mol. The fourth-order valence-corrected chi connectivity index (χ4v) is 1.45. The average molecular weight is 287 g/mol. The van der Waals surface area contributed by atoms with Crippen LogP contribution in [0.3, 0.4) is 0 Å². The average Bonchev–Trinajstić information content (AvgIpc) is 2.37. The highest BCUT2D eigenvalue weighted by molar-refractivity contribution is 5.89. The molecule has 1 aromatic rings. The summed E-state index contributed by atoms with van der Waals surface area (Å²) in [6.45, 7) is 5.21. The van der Waals surface area contributed by atoms with Crippen LogP contribution in [0.15, 0.2) is 35.5 Å². The number of allylic oxidation sites excluding steroid dienone is 1. The molecule has 6 heteroatoms. The van der Waals surface area contributed by atoms with Crippen molar-refractivity contribution in [2.24, 2.45) is 0 Å². The molecule has 0 radical (unpaired) electrons. The van der Waals surface area contributed by atoms with Crippen LogP contribution < -0.4 is 5.32 Å². The van der Waals surface area contributed by atoms with Crippen molar-refractivity contribution in [3.05, 3.63) is 41.1 Å². The molecule has 0 aliphatic heterocycles. The summed E-state index contributed by atoms with van der Waals surface area (Å²) >= 11 is 0. The van der Waals surface area contributed by atoms with Crippen molar-refractivity contribution in [3.63, 3.8) is 0 Å². The minimum absolute atomic E-state index is 0.268. The molecule has 0 heterocycles. The summed E-state index contributed by atoms with van der Waals surface area (Å²) in [7, 11) is 0. The number of benzene rings is 1. The Hall–Kier alpha value is -1.98. The summed E-state index contributed by atoms with van der Waals surface area (Å²) in [5.41, 5.74) is 0.668. The van der Waals surface area contributed by atoms with Gasteiger partial charge in [0.05, 0.1) is 17.7 Å². The lowest BCUT2D eigenvalue weighted by Gasteiger charge is -2.12. The van der Waals surface area contributed by atoms with Gasteiger partial charge in [-0.25, -0.2) is 4.79 Å². The summed E-state index contributed by atoms with van der Waals surface area (Å²) in [6.07, 6.45) is -4.36. The molecule has 0 fully saturated rings. The normalized spacial score (nSPS) is 12.7. The first-order valence-electron chi connectivity index (χ1n) is 6.04. The van der Waals surface area contributed by atoms with E-state index in [2.05, 4.69) is 5.32 Å². The third kappa shape index (κ3) is 4.29. The number of hydrogen-bond donors (Lipinski definition) is 1. The maximum Gasteiger partial charge on any atom is 0.416 e. The van der Waals surface area contributed by atoms with Gasteiger partial charge in [-0.3, -0.25) is 0 Å².